The number of ether oxygens (including phenoxy) is 1. The normalized spacial score (nSPS) is 10.6. The van der Waals surface area contributed by atoms with Crippen molar-refractivity contribution in [3.63, 3.8) is 0 Å². The smallest absolute Gasteiger partial charge is 0.123 e. The summed E-state index contributed by atoms with van der Waals surface area (Å²) in [5.74, 6) is 2.15. The van der Waals surface area contributed by atoms with E-state index in [1.807, 2.05) is 18.2 Å². The Morgan fingerprint density at radius 2 is 2.07 bits per heavy atom. The zero-order valence-corrected chi connectivity index (χ0v) is 9.69. The Balaban J connectivity index is 2.90. The maximum Gasteiger partial charge on any atom is 0.123 e. The molecule has 0 aliphatic heterocycles. The van der Waals surface area contributed by atoms with Gasteiger partial charge in [-0.1, -0.05) is 32.4 Å². The minimum absolute atomic E-state index is 0.752. The fourth-order valence-electron chi connectivity index (χ4n) is 1.23. The van der Waals surface area contributed by atoms with Gasteiger partial charge in [0.05, 0.1) is 6.61 Å². The fourth-order valence-corrected chi connectivity index (χ4v) is 1.40. The van der Waals surface area contributed by atoms with Crippen molar-refractivity contribution in [2.75, 3.05) is 6.61 Å². The van der Waals surface area contributed by atoms with Gasteiger partial charge in [0.25, 0.3) is 0 Å². The molecule has 0 aliphatic carbocycles. The minimum Gasteiger partial charge on any atom is -0.493 e. The largest absolute Gasteiger partial charge is 0.493 e. The molecule has 0 atom stereocenters. The van der Waals surface area contributed by atoms with Crippen LogP contribution >= 0.6 is 11.6 Å². The molecule has 1 aromatic carbocycles. The molecule has 0 spiro atoms. The van der Waals surface area contributed by atoms with E-state index in [1.165, 1.54) is 5.92 Å². The van der Waals surface area contributed by atoms with Gasteiger partial charge >= 0.3 is 0 Å². The molecule has 1 aromatic rings. The van der Waals surface area contributed by atoms with E-state index in [0.29, 0.717) is 0 Å². The van der Waals surface area contributed by atoms with Crippen LogP contribution in [0.25, 0.3) is 0 Å². The van der Waals surface area contributed by atoms with E-state index in [1.54, 1.807) is 0 Å². The summed E-state index contributed by atoms with van der Waals surface area (Å²) in [6.07, 6.45) is 1.02. The van der Waals surface area contributed by atoms with Gasteiger partial charge in [0.15, 0.2) is 0 Å². The maximum atomic E-state index is 5.93. The average molecular weight is 212 g/mol. The Morgan fingerprint density at radius 1 is 1.36 bits per heavy atom. The van der Waals surface area contributed by atoms with Gasteiger partial charge in [-0.3, -0.25) is 0 Å². The highest BCUT2D eigenvalue weighted by atomic mass is 35.5. The first-order chi connectivity index (χ1) is 6.65. The Morgan fingerprint density at radius 3 is 2.64 bits per heavy atom. The van der Waals surface area contributed by atoms with Gasteiger partial charge < -0.3 is 4.74 Å². The van der Waals surface area contributed by atoms with E-state index in [9.17, 15) is 0 Å². The van der Waals surface area contributed by atoms with Crippen LogP contribution < -0.4 is 4.74 Å². The summed E-state index contributed by atoms with van der Waals surface area (Å²) in [4.78, 5) is 0. The maximum absolute atomic E-state index is 5.93. The molecule has 0 bridgehead atoms. The molecule has 0 N–H and O–H groups in total. The van der Waals surface area contributed by atoms with E-state index < -0.39 is 0 Å². The topological polar surface area (TPSA) is 9.23 Å². The molecule has 1 nitrogen and oxygen atoms in total. The van der Waals surface area contributed by atoms with Gasteiger partial charge in [-0.2, -0.15) is 0 Å². The predicted octanol–water partition coefficient (Wildman–Crippen LogP) is 4.09. The van der Waals surface area contributed by atoms with Gasteiger partial charge in [-0.25, -0.2) is 0 Å². The van der Waals surface area contributed by atoms with Gasteiger partial charge in [-0.05, 0) is 24.6 Å². The fraction of sp³-hybridized carbons (Fsp3) is 0.417. The summed E-state index contributed by atoms with van der Waals surface area (Å²) in [5.41, 5.74) is 1.10. The summed E-state index contributed by atoms with van der Waals surface area (Å²) in [7, 11) is 0. The van der Waals surface area contributed by atoms with Crippen LogP contribution in [0.3, 0.4) is 0 Å². The lowest BCUT2D eigenvalue weighted by atomic mass is 10.0. The van der Waals surface area contributed by atoms with E-state index in [2.05, 4.69) is 20.8 Å². The molecular weight excluding hydrogens is 196 g/mol. The summed E-state index contributed by atoms with van der Waals surface area (Å²) in [6, 6.07) is 5.74. The van der Waals surface area contributed by atoms with Crippen molar-refractivity contribution in [1.82, 2.24) is 0 Å². The van der Waals surface area contributed by atoms with Crippen LogP contribution in [0.5, 0.6) is 5.75 Å². The van der Waals surface area contributed by atoms with Crippen LogP contribution in [0.1, 0.15) is 32.8 Å². The van der Waals surface area contributed by atoms with E-state index in [-0.39, 0.29) is 0 Å². The Kier molecular flexibility index (Phi) is 4.27. The third kappa shape index (κ3) is 2.91. The standard InChI is InChI=1S/C12H16ClO/c1-4-7-14-12-6-5-10(13)8-11(12)9(2)3/h5-6,8H,4,7H2,1-3H3. The molecule has 1 rings (SSSR count). The third-order valence-corrected chi connectivity index (χ3v) is 2.18. The Hall–Kier alpha value is -0.690. The van der Waals surface area contributed by atoms with Gasteiger partial charge in [0.1, 0.15) is 5.75 Å². The SMILES string of the molecule is CCCOc1ccc(Cl)cc1[C](C)C. The van der Waals surface area contributed by atoms with Crippen LogP contribution in [0.4, 0.5) is 0 Å². The van der Waals surface area contributed by atoms with E-state index in [4.69, 9.17) is 16.3 Å². The highest BCUT2D eigenvalue weighted by Crippen LogP contribution is 2.28. The lowest BCUT2D eigenvalue weighted by Gasteiger charge is -2.13. The summed E-state index contributed by atoms with van der Waals surface area (Å²) < 4.78 is 5.62. The quantitative estimate of drug-likeness (QED) is 0.729. The van der Waals surface area contributed by atoms with Crippen molar-refractivity contribution >= 4 is 11.6 Å². The van der Waals surface area contributed by atoms with Crippen molar-refractivity contribution < 1.29 is 4.74 Å². The molecule has 0 saturated carbocycles. The number of halogens is 1. The molecule has 0 fully saturated rings. The highest BCUT2D eigenvalue weighted by molar-refractivity contribution is 6.30. The predicted molar refractivity (Wildman–Crippen MR) is 60.9 cm³/mol. The Bertz CT molecular complexity index is 294. The molecule has 0 saturated heterocycles. The van der Waals surface area contributed by atoms with Gasteiger partial charge in [0.2, 0.25) is 0 Å². The summed E-state index contributed by atoms with van der Waals surface area (Å²) in [5, 5.41) is 0.755. The molecule has 77 valence electrons. The van der Waals surface area contributed by atoms with Crippen LogP contribution in [-0.4, -0.2) is 6.61 Å². The molecule has 0 heterocycles. The molecule has 0 aromatic heterocycles. The minimum atomic E-state index is 0.752. The molecule has 0 amide bonds. The highest BCUT2D eigenvalue weighted by Gasteiger charge is 2.08. The second kappa shape index (κ2) is 5.26. The van der Waals surface area contributed by atoms with Crippen molar-refractivity contribution in [2.45, 2.75) is 27.2 Å². The lowest BCUT2D eigenvalue weighted by Crippen LogP contribution is -2.00. The monoisotopic (exact) mass is 211 g/mol. The lowest BCUT2D eigenvalue weighted by molar-refractivity contribution is 0.315. The van der Waals surface area contributed by atoms with Gasteiger partial charge in [0, 0.05) is 16.5 Å². The second-order valence-corrected chi connectivity index (χ2v) is 3.93. The van der Waals surface area contributed by atoms with E-state index in [0.717, 1.165) is 29.4 Å². The molecule has 14 heavy (non-hydrogen) atoms. The van der Waals surface area contributed by atoms with Crippen molar-refractivity contribution in [2.24, 2.45) is 0 Å². The molecule has 1 radical (unpaired) electrons. The first-order valence-electron chi connectivity index (χ1n) is 4.88. The van der Waals surface area contributed by atoms with E-state index >= 15 is 0 Å². The van der Waals surface area contributed by atoms with Crippen LogP contribution in [0.2, 0.25) is 5.02 Å². The zero-order chi connectivity index (χ0) is 10.6. The summed E-state index contributed by atoms with van der Waals surface area (Å²) >= 11 is 5.93. The number of benzene rings is 1. The van der Waals surface area contributed by atoms with Crippen molar-refractivity contribution in [3.05, 3.63) is 34.7 Å². The van der Waals surface area contributed by atoms with Crippen molar-refractivity contribution in [3.8, 4) is 5.75 Å². The first kappa shape index (κ1) is 11.4. The Labute approximate surface area is 91.0 Å². The second-order valence-electron chi connectivity index (χ2n) is 3.49. The zero-order valence-electron chi connectivity index (χ0n) is 8.93. The number of hydrogen-bond donors (Lipinski definition) is 0. The molecule has 0 unspecified atom stereocenters. The molecule has 2 heteroatoms. The van der Waals surface area contributed by atoms with Gasteiger partial charge in [-0.15, -0.1) is 0 Å². The number of hydrogen-bond acceptors (Lipinski definition) is 1. The van der Waals surface area contributed by atoms with Crippen LogP contribution in [0, 0.1) is 5.92 Å². The summed E-state index contributed by atoms with van der Waals surface area (Å²) in [6.45, 7) is 6.97. The van der Waals surface area contributed by atoms with Crippen LogP contribution in [-0.2, 0) is 0 Å². The third-order valence-electron chi connectivity index (χ3n) is 1.94. The van der Waals surface area contributed by atoms with Crippen LogP contribution in [0.15, 0.2) is 18.2 Å². The first-order valence-corrected chi connectivity index (χ1v) is 5.25. The number of rotatable bonds is 4. The molecule has 0 aliphatic rings. The molecular formula is C12H16ClO. The van der Waals surface area contributed by atoms with Crippen molar-refractivity contribution in [1.29, 1.82) is 0 Å². The average Bonchev–Trinajstić information content (AvgIpc) is 2.15.